The first-order chi connectivity index (χ1) is 10.7. The Morgan fingerprint density at radius 2 is 1.18 bits per heavy atom. The molecule has 0 saturated heterocycles. The molecule has 6 heteroatoms. The Hall–Kier alpha value is -2.24. The fourth-order valence-corrected chi connectivity index (χ4v) is 3.35. The summed E-state index contributed by atoms with van der Waals surface area (Å²) in [5, 5.41) is 8.08. The third kappa shape index (κ3) is 2.10. The number of hydrogen-bond acceptors (Lipinski definition) is 6. The molecular formula is C16H16N2O4. The summed E-state index contributed by atoms with van der Waals surface area (Å²) in [5.74, 6) is 1.61. The predicted molar refractivity (Wildman–Crippen MR) is 75.0 cm³/mol. The Bertz CT molecular complexity index is 692. The molecule has 2 aliphatic rings. The summed E-state index contributed by atoms with van der Waals surface area (Å²) in [7, 11) is 0. The first kappa shape index (κ1) is 13.4. The van der Waals surface area contributed by atoms with Gasteiger partial charge in [0.05, 0.1) is 22.5 Å². The van der Waals surface area contributed by atoms with Crippen LogP contribution in [0.3, 0.4) is 0 Å². The number of rotatable bonds is 3. The lowest BCUT2D eigenvalue weighted by Gasteiger charge is -2.09. The minimum absolute atomic E-state index is 0.107. The van der Waals surface area contributed by atoms with Crippen molar-refractivity contribution in [1.29, 1.82) is 0 Å². The third-order valence-electron chi connectivity index (χ3n) is 4.44. The molecule has 2 aromatic heterocycles. The summed E-state index contributed by atoms with van der Waals surface area (Å²) in [6.07, 6.45) is 5.38. The van der Waals surface area contributed by atoms with Gasteiger partial charge in [0, 0.05) is 25.7 Å². The van der Waals surface area contributed by atoms with Gasteiger partial charge in [-0.3, -0.25) is 9.59 Å². The highest BCUT2D eigenvalue weighted by Gasteiger charge is 2.28. The number of nitrogens with zero attached hydrogens (tertiary/aromatic N) is 2. The minimum atomic E-state index is 0.107. The van der Waals surface area contributed by atoms with Gasteiger partial charge in [-0.15, -0.1) is 0 Å². The Labute approximate surface area is 126 Å². The van der Waals surface area contributed by atoms with Gasteiger partial charge in [-0.05, 0) is 25.7 Å². The van der Waals surface area contributed by atoms with Gasteiger partial charge < -0.3 is 9.05 Å². The lowest BCUT2D eigenvalue weighted by atomic mass is 9.91. The standard InChI is InChI=1S/C16H16N2O4/c19-11-3-1-5-13-15(11)9(17-21-13)7-8-10-16-12(20)4-2-6-14(16)22-18-10/h1-8H2. The summed E-state index contributed by atoms with van der Waals surface area (Å²) < 4.78 is 10.6. The van der Waals surface area contributed by atoms with E-state index in [0.717, 1.165) is 25.7 Å². The van der Waals surface area contributed by atoms with Crippen LogP contribution in [0.25, 0.3) is 0 Å². The van der Waals surface area contributed by atoms with Gasteiger partial charge >= 0.3 is 0 Å². The van der Waals surface area contributed by atoms with E-state index in [0.29, 0.717) is 59.7 Å². The molecule has 0 saturated carbocycles. The Morgan fingerprint density at radius 1 is 0.727 bits per heavy atom. The second-order valence-corrected chi connectivity index (χ2v) is 5.91. The first-order valence-corrected chi connectivity index (χ1v) is 7.75. The normalized spacial score (nSPS) is 17.5. The van der Waals surface area contributed by atoms with Crippen molar-refractivity contribution < 1.29 is 18.6 Å². The number of carbonyl (C=O) groups excluding carboxylic acids is 2. The van der Waals surface area contributed by atoms with E-state index >= 15 is 0 Å². The molecule has 0 atom stereocenters. The van der Waals surface area contributed by atoms with Crippen LogP contribution in [0.2, 0.25) is 0 Å². The summed E-state index contributed by atoms with van der Waals surface area (Å²) in [6, 6.07) is 0. The molecule has 0 aromatic carbocycles. The molecule has 22 heavy (non-hydrogen) atoms. The van der Waals surface area contributed by atoms with Crippen molar-refractivity contribution in [2.24, 2.45) is 0 Å². The topological polar surface area (TPSA) is 86.2 Å². The van der Waals surface area contributed by atoms with Crippen LogP contribution in [-0.4, -0.2) is 21.9 Å². The highest BCUT2D eigenvalue weighted by Crippen LogP contribution is 2.27. The number of aryl methyl sites for hydroxylation is 4. The molecule has 2 aliphatic carbocycles. The maximum absolute atomic E-state index is 12.0. The molecule has 6 nitrogen and oxygen atoms in total. The van der Waals surface area contributed by atoms with Crippen molar-refractivity contribution in [1.82, 2.24) is 10.3 Å². The molecule has 0 unspecified atom stereocenters. The van der Waals surface area contributed by atoms with Crippen LogP contribution < -0.4 is 0 Å². The molecule has 0 spiro atoms. The molecule has 0 amide bonds. The lowest BCUT2D eigenvalue weighted by molar-refractivity contribution is 0.0959. The monoisotopic (exact) mass is 300 g/mol. The van der Waals surface area contributed by atoms with E-state index in [1.54, 1.807) is 0 Å². The minimum Gasteiger partial charge on any atom is -0.360 e. The van der Waals surface area contributed by atoms with E-state index in [2.05, 4.69) is 10.3 Å². The lowest BCUT2D eigenvalue weighted by Crippen LogP contribution is -2.13. The van der Waals surface area contributed by atoms with Gasteiger partial charge in [0.1, 0.15) is 11.5 Å². The molecule has 114 valence electrons. The maximum atomic E-state index is 12.0. The average molecular weight is 300 g/mol. The van der Waals surface area contributed by atoms with Crippen LogP contribution >= 0.6 is 0 Å². The highest BCUT2D eigenvalue weighted by atomic mass is 16.5. The number of Topliss-reactive ketones (excluding diaryl/α,β-unsaturated/α-hetero) is 2. The number of hydrogen-bond donors (Lipinski definition) is 0. The summed E-state index contributed by atoms with van der Waals surface area (Å²) in [4.78, 5) is 24.1. The molecular weight excluding hydrogens is 284 g/mol. The molecule has 4 rings (SSSR count). The Morgan fingerprint density at radius 3 is 1.64 bits per heavy atom. The van der Waals surface area contributed by atoms with Crippen LogP contribution in [0.5, 0.6) is 0 Å². The summed E-state index contributed by atoms with van der Waals surface area (Å²) >= 11 is 0. The van der Waals surface area contributed by atoms with Crippen LogP contribution in [0.15, 0.2) is 9.05 Å². The van der Waals surface area contributed by atoms with Gasteiger partial charge in [0.25, 0.3) is 0 Å². The zero-order valence-corrected chi connectivity index (χ0v) is 12.2. The summed E-state index contributed by atoms with van der Waals surface area (Å²) in [5.41, 5.74) is 2.66. The van der Waals surface area contributed by atoms with Crippen molar-refractivity contribution >= 4 is 11.6 Å². The van der Waals surface area contributed by atoms with E-state index in [9.17, 15) is 9.59 Å². The zero-order chi connectivity index (χ0) is 15.1. The quantitative estimate of drug-likeness (QED) is 0.865. The number of carbonyl (C=O) groups is 2. The SMILES string of the molecule is O=C1CCCc2onc(CCc3noc4c3C(=O)CCC4)c21. The van der Waals surface area contributed by atoms with Crippen molar-refractivity contribution in [2.45, 2.75) is 51.4 Å². The fourth-order valence-electron chi connectivity index (χ4n) is 3.35. The Balaban J connectivity index is 1.57. The molecule has 0 fully saturated rings. The highest BCUT2D eigenvalue weighted by molar-refractivity contribution is 5.99. The smallest absolute Gasteiger partial charge is 0.168 e. The van der Waals surface area contributed by atoms with Crippen molar-refractivity contribution in [3.63, 3.8) is 0 Å². The van der Waals surface area contributed by atoms with Crippen LogP contribution in [-0.2, 0) is 25.7 Å². The fraction of sp³-hybridized carbons (Fsp3) is 0.500. The number of aromatic nitrogens is 2. The summed E-state index contributed by atoms with van der Waals surface area (Å²) in [6.45, 7) is 0. The van der Waals surface area contributed by atoms with Gasteiger partial charge in [-0.25, -0.2) is 0 Å². The molecule has 0 radical (unpaired) electrons. The van der Waals surface area contributed by atoms with Crippen molar-refractivity contribution in [3.05, 3.63) is 34.0 Å². The van der Waals surface area contributed by atoms with Gasteiger partial charge in [-0.1, -0.05) is 10.3 Å². The first-order valence-electron chi connectivity index (χ1n) is 7.75. The van der Waals surface area contributed by atoms with Crippen molar-refractivity contribution in [2.75, 3.05) is 0 Å². The largest absolute Gasteiger partial charge is 0.360 e. The van der Waals surface area contributed by atoms with E-state index in [-0.39, 0.29) is 11.6 Å². The maximum Gasteiger partial charge on any atom is 0.168 e. The van der Waals surface area contributed by atoms with Gasteiger partial charge in [0.15, 0.2) is 11.6 Å². The second-order valence-electron chi connectivity index (χ2n) is 5.91. The van der Waals surface area contributed by atoms with Gasteiger partial charge in [-0.2, -0.15) is 0 Å². The van der Waals surface area contributed by atoms with Crippen LogP contribution in [0.4, 0.5) is 0 Å². The second kappa shape index (κ2) is 5.19. The molecule has 0 bridgehead atoms. The van der Waals surface area contributed by atoms with Crippen LogP contribution in [0, 0.1) is 0 Å². The third-order valence-corrected chi connectivity index (χ3v) is 4.44. The molecule has 2 heterocycles. The van der Waals surface area contributed by atoms with Crippen LogP contribution in [0.1, 0.15) is 69.3 Å². The zero-order valence-electron chi connectivity index (χ0n) is 12.2. The Kier molecular flexibility index (Phi) is 3.17. The van der Waals surface area contributed by atoms with E-state index in [1.807, 2.05) is 0 Å². The average Bonchev–Trinajstić information content (AvgIpc) is 3.11. The molecule has 2 aromatic rings. The molecule has 0 N–H and O–H groups in total. The number of ketones is 2. The van der Waals surface area contributed by atoms with Crippen molar-refractivity contribution in [3.8, 4) is 0 Å². The van der Waals surface area contributed by atoms with E-state index in [4.69, 9.17) is 9.05 Å². The predicted octanol–water partition coefficient (Wildman–Crippen LogP) is 2.49. The number of fused-ring (bicyclic) bond motifs is 2. The molecule has 0 aliphatic heterocycles. The van der Waals surface area contributed by atoms with E-state index in [1.165, 1.54) is 0 Å². The van der Waals surface area contributed by atoms with Gasteiger partial charge in [0.2, 0.25) is 0 Å². The van der Waals surface area contributed by atoms with E-state index < -0.39 is 0 Å².